The second-order valence-corrected chi connectivity index (χ2v) is 4.66. The molecule has 0 saturated heterocycles. The SMILES string of the molecule is CCCCOc1ccn(Cc2cccc(F)c2)c(=O)c1. The number of rotatable bonds is 6. The van der Waals surface area contributed by atoms with Gasteiger partial charge in [-0.25, -0.2) is 4.39 Å². The van der Waals surface area contributed by atoms with Crippen LogP contribution in [0.4, 0.5) is 4.39 Å². The summed E-state index contributed by atoms with van der Waals surface area (Å²) in [6.45, 7) is 3.05. The summed E-state index contributed by atoms with van der Waals surface area (Å²) in [6.07, 6.45) is 3.69. The Morgan fingerprint density at radius 2 is 2.10 bits per heavy atom. The summed E-state index contributed by atoms with van der Waals surface area (Å²) in [4.78, 5) is 12.0. The maximum absolute atomic E-state index is 13.1. The molecule has 2 aromatic rings. The molecular formula is C16H18FNO2. The van der Waals surface area contributed by atoms with Gasteiger partial charge >= 0.3 is 0 Å². The minimum Gasteiger partial charge on any atom is -0.493 e. The van der Waals surface area contributed by atoms with Crippen molar-refractivity contribution < 1.29 is 9.13 Å². The lowest BCUT2D eigenvalue weighted by molar-refractivity contribution is 0.308. The van der Waals surface area contributed by atoms with Gasteiger partial charge in [0, 0.05) is 12.3 Å². The molecule has 4 heteroatoms. The van der Waals surface area contributed by atoms with Gasteiger partial charge in [0.25, 0.3) is 5.56 Å². The third-order valence-corrected chi connectivity index (χ3v) is 2.98. The standard InChI is InChI=1S/C16H18FNO2/c1-2-3-9-20-15-7-8-18(16(19)11-15)12-13-5-4-6-14(17)10-13/h4-8,10-11H,2-3,9,12H2,1H3. The van der Waals surface area contributed by atoms with Crippen molar-refractivity contribution in [1.29, 1.82) is 0 Å². The summed E-state index contributed by atoms with van der Waals surface area (Å²) in [6, 6.07) is 9.47. The third-order valence-electron chi connectivity index (χ3n) is 2.98. The van der Waals surface area contributed by atoms with Crippen molar-refractivity contribution in [3.05, 3.63) is 64.3 Å². The van der Waals surface area contributed by atoms with E-state index >= 15 is 0 Å². The highest BCUT2D eigenvalue weighted by atomic mass is 19.1. The number of nitrogens with zero attached hydrogens (tertiary/aromatic N) is 1. The van der Waals surface area contributed by atoms with Crippen molar-refractivity contribution in [3.63, 3.8) is 0 Å². The van der Waals surface area contributed by atoms with Crippen LogP contribution in [0.1, 0.15) is 25.3 Å². The van der Waals surface area contributed by atoms with Crippen molar-refractivity contribution in [1.82, 2.24) is 4.57 Å². The maximum atomic E-state index is 13.1. The largest absolute Gasteiger partial charge is 0.493 e. The van der Waals surface area contributed by atoms with Gasteiger partial charge in [0.1, 0.15) is 11.6 Å². The predicted molar refractivity (Wildman–Crippen MR) is 76.6 cm³/mol. The quantitative estimate of drug-likeness (QED) is 0.758. The first kappa shape index (κ1) is 14.3. The molecule has 1 aromatic heterocycles. The smallest absolute Gasteiger partial charge is 0.254 e. The van der Waals surface area contributed by atoms with Gasteiger partial charge < -0.3 is 9.30 Å². The van der Waals surface area contributed by atoms with Gasteiger partial charge in [-0.2, -0.15) is 0 Å². The number of hydrogen-bond donors (Lipinski definition) is 0. The van der Waals surface area contributed by atoms with Crippen LogP contribution < -0.4 is 10.3 Å². The highest BCUT2D eigenvalue weighted by molar-refractivity contribution is 5.20. The van der Waals surface area contributed by atoms with Crippen LogP contribution in [0.3, 0.4) is 0 Å². The fourth-order valence-corrected chi connectivity index (χ4v) is 1.88. The highest BCUT2D eigenvalue weighted by Gasteiger charge is 2.02. The number of ether oxygens (including phenoxy) is 1. The molecule has 0 spiro atoms. The molecule has 20 heavy (non-hydrogen) atoms. The highest BCUT2D eigenvalue weighted by Crippen LogP contribution is 2.09. The van der Waals surface area contributed by atoms with E-state index < -0.39 is 0 Å². The zero-order chi connectivity index (χ0) is 14.4. The van der Waals surface area contributed by atoms with Crippen LogP contribution in [0.5, 0.6) is 5.75 Å². The number of benzene rings is 1. The fraction of sp³-hybridized carbons (Fsp3) is 0.312. The predicted octanol–water partition coefficient (Wildman–Crippen LogP) is 3.21. The Morgan fingerprint density at radius 3 is 2.80 bits per heavy atom. The first-order chi connectivity index (χ1) is 9.69. The number of hydrogen-bond acceptors (Lipinski definition) is 2. The van der Waals surface area contributed by atoms with Gasteiger partial charge in [-0.15, -0.1) is 0 Å². The van der Waals surface area contributed by atoms with Gasteiger partial charge in [-0.3, -0.25) is 4.79 Å². The first-order valence-electron chi connectivity index (χ1n) is 6.77. The van der Waals surface area contributed by atoms with Crippen molar-refractivity contribution in [2.75, 3.05) is 6.61 Å². The molecule has 106 valence electrons. The molecule has 0 bridgehead atoms. The van der Waals surface area contributed by atoms with Crippen LogP contribution in [0.2, 0.25) is 0 Å². The average molecular weight is 275 g/mol. The van der Waals surface area contributed by atoms with E-state index in [0.717, 1.165) is 18.4 Å². The van der Waals surface area contributed by atoms with Crippen LogP contribution >= 0.6 is 0 Å². The van der Waals surface area contributed by atoms with E-state index in [-0.39, 0.29) is 11.4 Å². The average Bonchev–Trinajstić information content (AvgIpc) is 2.42. The number of aromatic nitrogens is 1. The summed E-state index contributed by atoms with van der Waals surface area (Å²) in [5.74, 6) is 0.286. The lowest BCUT2D eigenvalue weighted by Gasteiger charge is -2.08. The molecule has 0 saturated carbocycles. The van der Waals surface area contributed by atoms with Crippen LogP contribution in [0, 0.1) is 5.82 Å². The zero-order valence-corrected chi connectivity index (χ0v) is 11.5. The Kier molecular flexibility index (Phi) is 4.93. The fourth-order valence-electron chi connectivity index (χ4n) is 1.88. The van der Waals surface area contributed by atoms with Crippen molar-refractivity contribution >= 4 is 0 Å². The van der Waals surface area contributed by atoms with E-state index in [4.69, 9.17) is 4.74 Å². The summed E-state index contributed by atoms with van der Waals surface area (Å²) in [5, 5.41) is 0. The van der Waals surface area contributed by atoms with E-state index in [1.165, 1.54) is 22.8 Å². The molecule has 0 aliphatic carbocycles. The van der Waals surface area contributed by atoms with Crippen LogP contribution in [0.15, 0.2) is 47.4 Å². The molecule has 0 aliphatic rings. The Labute approximate surface area is 117 Å². The molecule has 0 amide bonds. The normalized spacial score (nSPS) is 10.5. The number of unbranched alkanes of at least 4 members (excludes halogenated alkanes) is 1. The van der Waals surface area contributed by atoms with Crippen molar-refractivity contribution in [3.8, 4) is 5.75 Å². The lowest BCUT2D eigenvalue weighted by Crippen LogP contribution is -2.19. The van der Waals surface area contributed by atoms with E-state index in [0.29, 0.717) is 18.9 Å². The van der Waals surface area contributed by atoms with E-state index in [1.807, 2.05) is 0 Å². The maximum Gasteiger partial charge on any atom is 0.254 e. The van der Waals surface area contributed by atoms with Gasteiger partial charge in [-0.05, 0) is 30.2 Å². The summed E-state index contributed by atoms with van der Waals surface area (Å²) < 4.78 is 20.1. The Balaban J connectivity index is 2.08. The minimum atomic E-state index is -0.296. The van der Waals surface area contributed by atoms with Crippen LogP contribution in [-0.4, -0.2) is 11.2 Å². The first-order valence-corrected chi connectivity index (χ1v) is 6.77. The number of pyridine rings is 1. The summed E-state index contributed by atoms with van der Waals surface area (Å²) in [5.41, 5.74) is 0.606. The van der Waals surface area contributed by atoms with Crippen molar-refractivity contribution in [2.45, 2.75) is 26.3 Å². The molecule has 2 rings (SSSR count). The monoisotopic (exact) mass is 275 g/mol. The second kappa shape index (κ2) is 6.89. The molecule has 3 nitrogen and oxygen atoms in total. The van der Waals surface area contributed by atoms with Gasteiger partial charge in [0.2, 0.25) is 0 Å². The molecule has 0 N–H and O–H groups in total. The summed E-state index contributed by atoms with van der Waals surface area (Å²) >= 11 is 0. The molecule has 0 fully saturated rings. The Bertz CT molecular complexity index is 622. The Morgan fingerprint density at radius 1 is 1.25 bits per heavy atom. The third kappa shape index (κ3) is 3.95. The minimum absolute atomic E-state index is 0.150. The topological polar surface area (TPSA) is 31.2 Å². The Hall–Kier alpha value is -2.10. The molecule has 1 aromatic carbocycles. The number of halogens is 1. The van der Waals surface area contributed by atoms with Gasteiger partial charge in [0.15, 0.2) is 0 Å². The second-order valence-electron chi connectivity index (χ2n) is 4.66. The van der Waals surface area contributed by atoms with E-state index in [1.54, 1.807) is 24.4 Å². The van der Waals surface area contributed by atoms with Gasteiger partial charge in [-0.1, -0.05) is 25.5 Å². The molecule has 0 unspecified atom stereocenters. The summed E-state index contributed by atoms with van der Waals surface area (Å²) in [7, 11) is 0. The van der Waals surface area contributed by atoms with E-state index in [9.17, 15) is 9.18 Å². The lowest BCUT2D eigenvalue weighted by atomic mass is 10.2. The molecular weight excluding hydrogens is 257 g/mol. The van der Waals surface area contributed by atoms with E-state index in [2.05, 4.69) is 6.92 Å². The molecule has 1 heterocycles. The zero-order valence-electron chi connectivity index (χ0n) is 11.5. The van der Waals surface area contributed by atoms with Gasteiger partial charge in [0.05, 0.1) is 13.2 Å². The molecule has 0 aliphatic heterocycles. The van der Waals surface area contributed by atoms with Crippen LogP contribution in [-0.2, 0) is 6.54 Å². The molecule has 0 atom stereocenters. The van der Waals surface area contributed by atoms with Crippen LogP contribution in [0.25, 0.3) is 0 Å². The molecule has 0 radical (unpaired) electrons. The van der Waals surface area contributed by atoms with Crippen molar-refractivity contribution in [2.24, 2.45) is 0 Å².